The van der Waals surface area contributed by atoms with Crippen molar-refractivity contribution in [3.05, 3.63) is 28.8 Å². The van der Waals surface area contributed by atoms with Gasteiger partial charge in [0.2, 0.25) is 0 Å². The zero-order valence-electron chi connectivity index (χ0n) is 11.2. The van der Waals surface area contributed by atoms with E-state index >= 15 is 0 Å². The van der Waals surface area contributed by atoms with Crippen LogP contribution in [-0.2, 0) is 0 Å². The van der Waals surface area contributed by atoms with E-state index in [1.165, 1.54) is 0 Å². The third kappa shape index (κ3) is 4.69. The van der Waals surface area contributed by atoms with Crippen molar-refractivity contribution in [2.45, 2.75) is 26.3 Å². The highest BCUT2D eigenvalue weighted by Crippen LogP contribution is 2.20. The van der Waals surface area contributed by atoms with E-state index in [-0.39, 0.29) is 12.1 Å². The predicted molar refractivity (Wildman–Crippen MR) is 83.8 cm³/mol. The van der Waals surface area contributed by atoms with E-state index in [0.29, 0.717) is 22.1 Å². The Morgan fingerprint density at radius 2 is 2.21 bits per heavy atom. The molecule has 2 amide bonds. The number of aryl methyl sites for hydroxylation is 1. The fourth-order valence-corrected chi connectivity index (χ4v) is 1.93. The molecule has 0 aromatic heterocycles. The normalized spacial score (nSPS) is 11.8. The first-order chi connectivity index (χ1) is 8.81. The van der Waals surface area contributed by atoms with Crippen LogP contribution in [0.25, 0.3) is 0 Å². The van der Waals surface area contributed by atoms with Crippen molar-refractivity contribution in [1.82, 2.24) is 4.90 Å². The van der Waals surface area contributed by atoms with Crippen molar-refractivity contribution in [2.24, 2.45) is 5.73 Å². The van der Waals surface area contributed by atoms with E-state index in [1.807, 2.05) is 26.0 Å². The summed E-state index contributed by atoms with van der Waals surface area (Å²) in [6, 6.07) is 5.12. The molecular formula is C13H18ClN3OS. The van der Waals surface area contributed by atoms with Crippen molar-refractivity contribution in [1.29, 1.82) is 0 Å². The summed E-state index contributed by atoms with van der Waals surface area (Å²) in [5.41, 5.74) is 7.11. The van der Waals surface area contributed by atoms with Gasteiger partial charge in [-0.3, -0.25) is 0 Å². The number of nitrogens with zero attached hydrogens (tertiary/aromatic N) is 1. The highest BCUT2D eigenvalue weighted by atomic mass is 35.5. The maximum atomic E-state index is 12.0. The molecular weight excluding hydrogens is 282 g/mol. The van der Waals surface area contributed by atoms with E-state index in [9.17, 15) is 4.79 Å². The summed E-state index contributed by atoms with van der Waals surface area (Å²) in [7, 11) is 1.70. The minimum Gasteiger partial charge on any atom is -0.393 e. The maximum Gasteiger partial charge on any atom is 0.321 e. The summed E-state index contributed by atoms with van der Waals surface area (Å²) < 4.78 is 0. The van der Waals surface area contributed by atoms with Gasteiger partial charge in [-0.1, -0.05) is 29.9 Å². The molecule has 4 nitrogen and oxygen atoms in total. The Morgan fingerprint density at radius 3 is 2.74 bits per heavy atom. The molecule has 3 N–H and O–H groups in total. The van der Waals surface area contributed by atoms with Gasteiger partial charge < -0.3 is 16.0 Å². The smallest absolute Gasteiger partial charge is 0.321 e. The number of hydrogen-bond acceptors (Lipinski definition) is 2. The average Bonchev–Trinajstić information content (AvgIpc) is 2.32. The van der Waals surface area contributed by atoms with E-state index in [2.05, 4.69) is 5.32 Å². The van der Waals surface area contributed by atoms with Gasteiger partial charge in [-0.15, -0.1) is 0 Å². The molecule has 104 valence electrons. The fourth-order valence-electron chi connectivity index (χ4n) is 1.51. The molecule has 1 aromatic carbocycles. The highest BCUT2D eigenvalue weighted by molar-refractivity contribution is 7.80. The lowest BCUT2D eigenvalue weighted by Gasteiger charge is -2.25. The Bertz CT molecular complexity index is 493. The quantitative estimate of drug-likeness (QED) is 0.840. The van der Waals surface area contributed by atoms with E-state index in [1.54, 1.807) is 18.0 Å². The van der Waals surface area contributed by atoms with Crippen LogP contribution in [0.5, 0.6) is 0 Å². The van der Waals surface area contributed by atoms with Crippen LogP contribution < -0.4 is 11.1 Å². The maximum absolute atomic E-state index is 12.0. The van der Waals surface area contributed by atoms with Crippen LogP contribution in [0.1, 0.15) is 18.9 Å². The van der Waals surface area contributed by atoms with Gasteiger partial charge in [0.05, 0.1) is 4.99 Å². The molecule has 0 aliphatic carbocycles. The molecule has 0 bridgehead atoms. The molecule has 6 heteroatoms. The predicted octanol–water partition coefficient (Wildman–Crippen LogP) is 3.18. The molecule has 0 aliphatic rings. The van der Waals surface area contributed by atoms with Crippen LogP contribution in [0.2, 0.25) is 5.02 Å². The first-order valence-corrected chi connectivity index (χ1v) is 6.68. The lowest BCUT2D eigenvalue weighted by atomic mass is 10.2. The van der Waals surface area contributed by atoms with Gasteiger partial charge in [-0.05, 0) is 31.5 Å². The van der Waals surface area contributed by atoms with Gasteiger partial charge >= 0.3 is 6.03 Å². The SMILES string of the molecule is Cc1ccc(NC(=O)N(C)C(C)CC(N)=S)cc1Cl. The second-order valence-corrected chi connectivity index (χ2v) is 5.46. The summed E-state index contributed by atoms with van der Waals surface area (Å²) in [4.78, 5) is 14.0. The zero-order valence-corrected chi connectivity index (χ0v) is 12.8. The monoisotopic (exact) mass is 299 g/mol. The number of nitrogens with one attached hydrogen (secondary N) is 1. The first-order valence-electron chi connectivity index (χ1n) is 5.89. The van der Waals surface area contributed by atoms with Gasteiger partial charge in [0, 0.05) is 30.2 Å². The number of benzene rings is 1. The molecule has 1 aromatic rings. The summed E-state index contributed by atoms with van der Waals surface area (Å²) >= 11 is 10.9. The molecule has 1 rings (SSSR count). The number of amides is 2. The largest absolute Gasteiger partial charge is 0.393 e. The van der Waals surface area contributed by atoms with E-state index in [0.717, 1.165) is 5.56 Å². The zero-order chi connectivity index (χ0) is 14.6. The summed E-state index contributed by atoms with van der Waals surface area (Å²) in [6.07, 6.45) is 0.494. The molecule has 19 heavy (non-hydrogen) atoms. The number of thiocarbonyl (C=S) groups is 1. The summed E-state index contributed by atoms with van der Waals surface area (Å²) in [5, 5.41) is 3.40. The molecule has 0 radical (unpaired) electrons. The number of carbonyl (C=O) groups is 1. The number of nitrogens with two attached hydrogens (primary N) is 1. The van der Waals surface area contributed by atoms with Crippen LogP contribution in [0.15, 0.2) is 18.2 Å². The van der Waals surface area contributed by atoms with Gasteiger partial charge in [-0.2, -0.15) is 0 Å². The van der Waals surface area contributed by atoms with Crippen molar-refractivity contribution in [2.75, 3.05) is 12.4 Å². The third-order valence-electron chi connectivity index (χ3n) is 2.90. The van der Waals surface area contributed by atoms with Crippen LogP contribution in [0.3, 0.4) is 0 Å². The Labute approximate surface area is 123 Å². The number of rotatable bonds is 4. The van der Waals surface area contributed by atoms with Gasteiger partial charge in [0.15, 0.2) is 0 Å². The van der Waals surface area contributed by atoms with Gasteiger partial charge in [0.1, 0.15) is 0 Å². The number of anilines is 1. The topological polar surface area (TPSA) is 58.4 Å². The lowest BCUT2D eigenvalue weighted by Crippen LogP contribution is -2.40. The molecule has 0 spiro atoms. The minimum atomic E-state index is -0.219. The number of carbonyl (C=O) groups excluding carboxylic acids is 1. The first kappa shape index (κ1) is 15.7. The molecule has 1 unspecified atom stereocenters. The Kier molecular flexibility index (Phi) is 5.57. The molecule has 0 saturated heterocycles. The Hall–Kier alpha value is -1.33. The molecule has 0 saturated carbocycles. The van der Waals surface area contributed by atoms with E-state index in [4.69, 9.17) is 29.6 Å². The summed E-state index contributed by atoms with van der Waals surface area (Å²) in [5.74, 6) is 0. The fraction of sp³-hybridized carbons (Fsp3) is 0.385. The minimum absolute atomic E-state index is 0.0570. The Morgan fingerprint density at radius 1 is 1.58 bits per heavy atom. The van der Waals surface area contributed by atoms with Crippen molar-refractivity contribution < 1.29 is 4.79 Å². The Balaban J connectivity index is 2.68. The van der Waals surface area contributed by atoms with Crippen LogP contribution in [-0.4, -0.2) is 29.0 Å². The van der Waals surface area contributed by atoms with E-state index < -0.39 is 0 Å². The molecule has 1 atom stereocenters. The van der Waals surface area contributed by atoms with Crippen LogP contribution in [0.4, 0.5) is 10.5 Å². The second kappa shape index (κ2) is 6.73. The molecule has 0 fully saturated rings. The van der Waals surface area contributed by atoms with Crippen LogP contribution >= 0.6 is 23.8 Å². The van der Waals surface area contributed by atoms with Crippen molar-refractivity contribution >= 4 is 40.5 Å². The number of halogens is 1. The average molecular weight is 300 g/mol. The standard InChI is InChI=1S/C13H18ClN3OS/c1-8-4-5-10(7-11(8)14)16-13(18)17(3)9(2)6-12(15)19/h4-5,7,9H,6H2,1-3H3,(H2,15,19)(H,16,18). The third-order valence-corrected chi connectivity index (χ3v) is 3.48. The lowest BCUT2D eigenvalue weighted by molar-refractivity contribution is 0.209. The van der Waals surface area contributed by atoms with Gasteiger partial charge in [0.25, 0.3) is 0 Å². The van der Waals surface area contributed by atoms with Crippen LogP contribution in [0, 0.1) is 6.92 Å². The second-order valence-electron chi connectivity index (χ2n) is 4.52. The van der Waals surface area contributed by atoms with Gasteiger partial charge in [-0.25, -0.2) is 4.79 Å². The highest BCUT2D eigenvalue weighted by Gasteiger charge is 2.16. The number of hydrogen-bond donors (Lipinski definition) is 2. The van der Waals surface area contributed by atoms with Crippen molar-refractivity contribution in [3.8, 4) is 0 Å². The van der Waals surface area contributed by atoms with Crippen molar-refractivity contribution in [3.63, 3.8) is 0 Å². The molecule has 0 aliphatic heterocycles. The number of urea groups is 1. The molecule has 0 heterocycles. The summed E-state index contributed by atoms with van der Waals surface area (Å²) in [6.45, 7) is 3.80.